The summed E-state index contributed by atoms with van der Waals surface area (Å²) in [5.41, 5.74) is -1.95. The van der Waals surface area contributed by atoms with Crippen molar-refractivity contribution < 1.29 is 29.3 Å². The van der Waals surface area contributed by atoms with Crippen molar-refractivity contribution in [1.82, 2.24) is 4.90 Å². The predicted molar refractivity (Wildman–Crippen MR) is 105 cm³/mol. The number of piperidine rings is 1. The second-order valence-electron chi connectivity index (χ2n) is 11.2. The number of nitrogens with zero attached hydrogens (tertiary/aromatic N) is 1. The first-order valence-corrected chi connectivity index (χ1v) is 11.7. The van der Waals surface area contributed by atoms with Gasteiger partial charge in [-0.3, -0.25) is 14.5 Å². The maximum atomic E-state index is 13.2. The molecule has 0 aromatic carbocycles. The number of likely N-dealkylation sites (tertiary alicyclic amines) is 1. The zero-order valence-electron chi connectivity index (χ0n) is 18.0. The van der Waals surface area contributed by atoms with Crippen LogP contribution in [-0.2, 0) is 19.1 Å². The predicted octanol–water partition coefficient (Wildman–Crippen LogP) is 1.10. The van der Waals surface area contributed by atoms with E-state index in [4.69, 9.17) is 9.47 Å². The molecular formula is C23H33NO6. The van der Waals surface area contributed by atoms with Gasteiger partial charge in [0.05, 0.1) is 17.6 Å². The van der Waals surface area contributed by atoms with E-state index in [1.54, 1.807) is 0 Å². The van der Waals surface area contributed by atoms with Crippen molar-refractivity contribution in [1.29, 1.82) is 0 Å². The van der Waals surface area contributed by atoms with E-state index in [-0.39, 0.29) is 47.3 Å². The molecule has 2 N–H and O–H groups in total. The van der Waals surface area contributed by atoms with Crippen LogP contribution in [0.1, 0.15) is 52.9 Å². The Morgan fingerprint density at radius 2 is 2.10 bits per heavy atom. The summed E-state index contributed by atoms with van der Waals surface area (Å²) in [6, 6.07) is -0.0869. The topological polar surface area (TPSA) is 96.3 Å². The van der Waals surface area contributed by atoms with Crippen molar-refractivity contribution in [3.05, 3.63) is 0 Å². The van der Waals surface area contributed by atoms with Crippen LogP contribution in [0.4, 0.5) is 0 Å². The monoisotopic (exact) mass is 419 g/mol. The van der Waals surface area contributed by atoms with Gasteiger partial charge in [-0.2, -0.15) is 0 Å². The second kappa shape index (κ2) is 5.78. The fourth-order valence-corrected chi connectivity index (χ4v) is 9.64. The first-order valence-electron chi connectivity index (χ1n) is 11.7. The highest BCUT2D eigenvalue weighted by atomic mass is 16.6. The number of aliphatic hydroxyl groups excluding tert-OH is 1. The molecule has 7 rings (SSSR count). The lowest BCUT2D eigenvalue weighted by atomic mass is 9.42. The van der Waals surface area contributed by atoms with E-state index in [0.29, 0.717) is 25.7 Å². The Hall–Kier alpha value is -1.18. The third-order valence-electron chi connectivity index (χ3n) is 10.1. The molecule has 7 nitrogen and oxygen atoms in total. The minimum absolute atomic E-state index is 0.0541. The van der Waals surface area contributed by atoms with E-state index >= 15 is 0 Å². The van der Waals surface area contributed by atoms with Gasteiger partial charge in [-0.15, -0.1) is 0 Å². The number of carbonyl (C=O) groups excluding carboxylic acids is 2. The van der Waals surface area contributed by atoms with Gasteiger partial charge in [0.1, 0.15) is 12.2 Å². The third-order valence-corrected chi connectivity index (χ3v) is 10.1. The number of fused-ring (bicyclic) bond motifs is 2. The van der Waals surface area contributed by atoms with Crippen LogP contribution in [0.15, 0.2) is 0 Å². The Bertz CT molecular complexity index is 818. The van der Waals surface area contributed by atoms with E-state index in [2.05, 4.69) is 18.7 Å². The van der Waals surface area contributed by atoms with Crippen LogP contribution in [0, 0.1) is 34.5 Å². The van der Waals surface area contributed by atoms with Crippen LogP contribution in [0.3, 0.4) is 0 Å². The average Bonchev–Trinajstić information content (AvgIpc) is 2.73. The Morgan fingerprint density at radius 1 is 1.33 bits per heavy atom. The fraction of sp³-hybridized carbons (Fsp3) is 0.913. The highest BCUT2D eigenvalue weighted by molar-refractivity contribution is 5.77. The molecule has 3 heterocycles. The summed E-state index contributed by atoms with van der Waals surface area (Å²) in [6.45, 7) is 7.51. The van der Waals surface area contributed by atoms with Crippen LogP contribution in [0.5, 0.6) is 0 Å². The number of rotatable bonds is 2. The van der Waals surface area contributed by atoms with Crippen molar-refractivity contribution in [2.75, 3.05) is 13.1 Å². The summed E-state index contributed by atoms with van der Waals surface area (Å²) < 4.78 is 11.8. The minimum Gasteiger partial charge on any atom is -0.462 e. The quantitative estimate of drug-likeness (QED) is 0.647. The van der Waals surface area contributed by atoms with E-state index in [0.717, 1.165) is 19.5 Å². The second-order valence-corrected chi connectivity index (χ2v) is 11.2. The summed E-state index contributed by atoms with van der Waals surface area (Å²) >= 11 is 0. The molecule has 7 fully saturated rings. The Balaban J connectivity index is 1.66. The lowest BCUT2D eigenvalue weighted by molar-refractivity contribution is -0.265. The number of hydrogen-bond acceptors (Lipinski definition) is 7. The number of esters is 2. The molecule has 1 spiro atoms. The molecule has 3 aliphatic heterocycles. The lowest BCUT2D eigenvalue weighted by Gasteiger charge is -2.68. The summed E-state index contributed by atoms with van der Waals surface area (Å²) in [7, 11) is 0. The van der Waals surface area contributed by atoms with Gasteiger partial charge in [0.25, 0.3) is 0 Å². The Labute approximate surface area is 177 Å². The van der Waals surface area contributed by atoms with Gasteiger partial charge in [0.15, 0.2) is 0 Å². The van der Waals surface area contributed by atoms with Gasteiger partial charge in [0.2, 0.25) is 0 Å². The number of ether oxygens (including phenoxy) is 2. The van der Waals surface area contributed by atoms with Crippen molar-refractivity contribution in [3.63, 3.8) is 0 Å². The maximum absolute atomic E-state index is 13.2. The Kier molecular flexibility index (Phi) is 3.76. The van der Waals surface area contributed by atoms with Gasteiger partial charge in [-0.1, -0.05) is 13.8 Å². The molecule has 30 heavy (non-hydrogen) atoms. The first-order chi connectivity index (χ1) is 14.2. The van der Waals surface area contributed by atoms with Crippen molar-refractivity contribution in [2.45, 2.75) is 82.8 Å². The molecule has 0 radical (unpaired) electrons. The lowest BCUT2D eigenvalue weighted by Crippen LogP contribution is -2.76. The molecule has 0 unspecified atom stereocenters. The van der Waals surface area contributed by atoms with E-state index in [9.17, 15) is 19.8 Å². The van der Waals surface area contributed by atoms with E-state index in [1.807, 2.05) is 0 Å². The number of carbonyl (C=O) groups is 2. The molecular weight excluding hydrogens is 386 g/mol. The summed E-state index contributed by atoms with van der Waals surface area (Å²) in [4.78, 5) is 27.8. The fourth-order valence-electron chi connectivity index (χ4n) is 9.64. The molecule has 3 saturated heterocycles. The summed E-state index contributed by atoms with van der Waals surface area (Å²) in [5.74, 6) is -1.89. The highest BCUT2D eigenvalue weighted by Crippen LogP contribution is 2.77. The molecule has 11 atom stereocenters. The van der Waals surface area contributed by atoms with Crippen LogP contribution >= 0.6 is 0 Å². The van der Waals surface area contributed by atoms with E-state index in [1.165, 1.54) is 6.92 Å². The van der Waals surface area contributed by atoms with Gasteiger partial charge in [-0.25, -0.2) is 0 Å². The summed E-state index contributed by atoms with van der Waals surface area (Å²) in [5, 5.41) is 23.9. The molecule has 166 valence electrons. The molecule has 4 aliphatic carbocycles. The number of aliphatic hydroxyl groups is 2. The van der Waals surface area contributed by atoms with Gasteiger partial charge >= 0.3 is 11.9 Å². The smallest absolute Gasteiger partial charge is 0.312 e. The van der Waals surface area contributed by atoms with Crippen LogP contribution in [-0.4, -0.2) is 70.1 Å². The van der Waals surface area contributed by atoms with Crippen molar-refractivity contribution in [3.8, 4) is 0 Å². The zero-order valence-corrected chi connectivity index (χ0v) is 18.0. The van der Waals surface area contributed by atoms with Crippen molar-refractivity contribution in [2.24, 2.45) is 34.5 Å². The van der Waals surface area contributed by atoms with Crippen LogP contribution in [0.2, 0.25) is 0 Å². The highest BCUT2D eigenvalue weighted by Gasteiger charge is 2.85. The Morgan fingerprint density at radius 3 is 2.80 bits per heavy atom. The van der Waals surface area contributed by atoms with Gasteiger partial charge < -0.3 is 19.7 Å². The minimum atomic E-state index is -1.27. The average molecular weight is 420 g/mol. The molecule has 0 aromatic rings. The molecule has 0 amide bonds. The molecule has 7 heteroatoms. The molecule has 0 aromatic heterocycles. The van der Waals surface area contributed by atoms with Gasteiger partial charge in [0, 0.05) is 36.8 Å². The standard InChI is InChI=1S/C23H33NO6/c1-4-24-10-21(3)7-6-14(26)23-13-9-12-5-8-22(28,15(13)20(27)30-12)16(19(23)24)17(18(21)23)29-11(2)25/h12-19,26,28H,4-10H2,1-3H3/t12-,13+,14-,15+,16-,17+,18+,19+,21-,22+,23-/m0/s1. The van der Waals surface area contributed by atoms with Crippen molar-refractivity contribution >= 4 is 11.9 Å². The van der Waals surface area contributed by atoms with Crippen LogP contribution in [0.25, 0.3) is 0 Å². The molecule has 9 bridgehead atoms. The maximum Gasteiger partial charge on any atom is 0.312 e. The first kappa shape index (κ1) is 19.5. The normalized spacial score (nSPS) is 58.2. The third kappa shape index (κ3) is 1.95. The van der Waals surface area contributed by atoms with Gasteiger partial charge in [-0.05, 0) is 50.0 Å². The van der Waals surface area contributed by atoms with Crippen LogP contribution < -0.4 is 0 Å². The largest absolute Gasteiger partial charge is 0.462 e. The van der Waals surface area contributed by atoms with E-state index < -0.39 is 29.1 Å². The zero-order chi connectivity index (χ0) is 21.2. The molecule has 7 aliphatic rings. The SMILES string of the molecule is CCN1C[C@]2(C)CC[C@H](O)[C@@]34[C@@H]5C[C@@H]6CC[C@](O)([C@@H]([C@@H](OC(C)=O)[C@H]23)[C@@H]14)[C@H]5C(=O)O6. The summed E-state index contributed by atoms with van der Waals surface area (Å²) in [6.07, 6.45) is 2.12. The molecule has 4 saturated carbocycles. The number of hydrogen-bond donors (Lipinski definition) is 2.